The van der Waals surface area contributed by atoms with Crippen molar-refractivity contribution in [1.82, 2.24) is 15.0 Å². The van der Waals surface area contributed by atoms with Crippen LogP contribution in [0.2, 0.25) is 0 Å². The van der Waals surface area contributed by atoms with Crippen LogP contribution in [0.15, 0.2) is 168 Å². The highest BCUT2D eigenvalue weighted by Gasteiger charge is 2.14. The lowest BCUT2D eigenvalue weighted by atomic mass is 10.00. The lowest BCUT2D eigenvalue weighted by Gasteiger charge is -2.10. The average Bonchev–Trinajstić information content (AvgIpc) is 3.53. The second-order valence-corrected chi connectivity index (χ2v) is 11.7. The SMILES string of the molecule is c1ccc(-c2nc(-c3ccc(-c4ccc5ccccc5c4)cc3)nc(-c3cccc(-c4ccc5c(c4)oc4ccccc45)c3)n2)cc1. The summed E-state index contributed by atoms with van der Waals surface area (Å²) >= 11 is 0. The van der Waals surface area contributed by atoms with Crippen LogP contribution in [-0.2, 0) is 0 Å². The molecule has 4 nitrogen and oxygen atoms in total. The number of para-hydroxylation sites is 1. The summed E-state index contributed by atoms with van der Waals surface area (Å²) in [6.07, 6.45) is 0. The number of aromatic nitrogens is 3. The standard InChI is InChI=1S/C43H27N3O/c1-2-10-30(11-3-1)41-44-42(31-20-17-29(18-21-31)34-22-19-28-9-4-5-12-32(28)25-34)46-43(45-41)36-14-8-13-33(26-36)35-23-24-38-37-15-6-7-16-39(37)47-40(38)27-35/h1-27H. The van der Waals surface area contributed by atoms with Crippen LogP contribution in [0.1, 0.15) is 0 Å². The Morgan fingerprint density at radius 3 is 1.66 bits per heavy atom. The molecule has 0 fully saturated rings. The van der Waals surface area contributed by atoms with E-state index in [1.807, 2.05) is 48.5 Å². The first-order chi connectivity index (χ1) is 23.2. The van der Waals surface area contributed by atoms with E-state index in [-0.39, 0.29) is 0 Å². The number of rotatable bonds is 5. The van der Waals surface area contributed by atoms with Crippen molar-refractivity contribution < 1.29 is 4.42 Å². The molecule has 0 unspecified atom stereocenters. The molecule has 0 aliphatic carbocycles. The molecule has 9 aromatic rings. The first-order valence-electron chi connectivity index (χ1n) is 15.7. The second-order valence-electron chi connectivity index (χ2n) is 11.7. The van der Waals surface area contributed by atoms with Crippen molar-refractivity contribution >= 4 is 32.7 Å². The van der Waals surface area contributed by atoms with Gasteiger partial charge < -0.3 is 4.42 Å². The summed E-state index contributed by atoms with van der Waals surface area (Å²) in [5.41, 5.74) is 9.01. The zero-order valence-corrected chi connectivity index (χ0v) is 25.3. The van der Waals surface area contributed by atoms with Crippen LogP contribution in [0.25, 0.3) is 89.1 Å². The zero-order valence-electron chi connectivity index (χ0n) is 25.3. The molecule has 0 aliphatic rings. The molecule has 2 heterocycles. The van der Waals surface area contributed by atoms with Gasteiger partial charge in [0, 0.05) is 27.5 Å². The van der Waals surface area contributed by atoms with Gasteiger partial charge in [-0.15, -0.1) is 0 Å². The Hall–Kier alpha value is -6.39. The Balaban J connectivity index is 1.11. The van der Waals surface area contributed by atoms with Crippen LogP contribution in [-0.4, -0.2) is 15.0 Å². The van der Waals surface area contributed by atoms with Gasteiger partial charge in [0.1, 0.15) is 11.2 Å². The summed E-state index contributed by atoms with van der Waals surface area (Å²) in [5.74, 6) is 1.89. The van der Waals surface area contributed by atoms with E-state index in [0.717, 1.165) is 55.3 Å². The Labute approximate surface area is 271 Å². The Morgan fingerprint density at radius 1 is 0.298 bits per heavy atom. The summed E-state index contributed by atoms with van der Waals surface area (Å²) in [6.45, 7) is 0. The van der Waals surface area contributed by atoms with Gasteiger partial charge in [-0.3, -0.25) is 0 Å². The summed E-state index contributed by atoms with van der Waals surface area (Å²) < 4.78 is 6.18. The summed E-state index contributed by atoms with van der Waals surface area (Å²) in [5, 5.41) is 4.70. The van der Waals surface area contributed by atoms with E-state index in [1.165, 1.54) is 16.3 Å². The predicted molar refractivity (Wildman–Crippen MR) is 192 cm³/mol. The maximum absolute atomic E-state index is 6.18. The van der Waals surface area contributed by atoms with E-state index < -0.39 is 0 Å². The van der Waals surface area contributed by atoms with E-state index in [1.54, 1.807) is 0 Å². The normalized spacial score (nSPS) is 11.4. The minimum atomic E-state index is 0.624. The Morgan fingerprint density at radius 2 is 0.830 bits per heavy atom. The van der Waals surface area contributed by atoms with Crippen molar-refractivity contribution in [2.75, 3.05) is 0 Å². The molecule has 0 aliphatic heterocycles. The minimum Gasteiger partial charge on any atom is -0.456 e. The third kappa shape index (κ3) is 5.02. The molecule has 0 N–H and O–H groups in total. The number of benzene rings is 7. The molecular weight excluding hydrogens is 574 g/mol. The fraction of sp³-hybridized carbons (Fsp3) is 0. The molecule has 9 rings (SSSR count). The number of furan rings is 1. The van der Waals surface area contributed by atoms with Gasteiger partial charge in [-0.1, -0.05) is 133 Å². The first-order valence-corrected chi connectivity index (χ1v) is 15.7. The predicted octanol–water partition coefficient (Wildman–Crippen LogP) is 11.3. The molecule has 0 radical (unpaired) electrons. The molecule has 47 heavy (non-hydrogen) atoms. The maximum atomic E-state index is 6.18. The van der Waals surface area contributed by atoms with Gasteiger partial charge >= 0.3 is 0 Å². The van der Waals surface area contributed by atoms with Crippen LogP contribution in [0, 0.1) is 0 Å². The topological polar surface area (TPSA) is 51.8 Å². The summed E-state index contributed by atoms with van der Waals surface area (Å²) in [6, 6.07) is 56.5. The maximum Gasteiger partial charge on any atom is 0.164 e. The quantitative estimate of drug-likeness (QED) is 0.197. The van der Waals surface area contributed by atoms with Gasteiger partial charge in [0.15, 0.2) is 17.5 Å². The second kappa shape index (κ2) is 11.2. The molecule has 0 atom stereocenters. The number of hydrogen-bond acceptors (Lipinski definition) is 4. The first kappa shape index (κ1) is 27.0. The lowest BCUT2D eigenvalue weighted by molar-refractivity contribution is 0.669. The largest absolute Gasteiger partial charge is 0.456 e. The molecule has 0 spiro atoms. The van der Waals surface area contributed by atoms with Gasteiger partial charge in [-0.2, -0.15) is 0 Å². The van der Waals surface area contributed by atoms with E-state index in [9.17, 15) is 0 Å². The molecule has 7 aromatic carbocycles. The molecule has 0 amide bonds. The highest BCUT2D eigenvalue weighted by atomic mass is 16.3. The van der Waals surface area contributed by atoms with Gasteiger partial charge in [-0.25, -0.2) is 15.0 Å². The van der Waals surface area contributed by atoms with Gasteiger partial charge in [0.05, 0.1) is 0 Å². The summed E-state index contributed by atoms with van der Waals surface area (Å²) in [7, 11) is 0. The smallest absolute Gasteiger partial charge is 0.164 e. The lowest BCUT2D eigenvalue weighted by Crippen LogP contribution is -2.00. The van der Waals surface area contributed by atoms with E-state index in [2.05, 4.69) is 115 Å². The third-order valence-corrected chi connectivity index (χ3v) is 8.73. The van der Waals surface area contributed by atoms with Crippen molar-refractivity contribution in [3.05, 3.63) is 164 Å². The number of hydrogen-bond donors (Lipinski definition) is 0. The van der Waals surface area contributed by atoms with E-state index >= 15 is 0 Å². The van der Waals surface area contributed by atoms with Crippen molar-refractivity contribution in [2.24, 2.45) is 0 Å². The van der Waals surface area contributed by atoms with Gasteiger partial charge in [0.2, 0.25) is 0 Å². The van der Waals surface area contributed by atoms with Gasteiger partial charge in [0.25, 0.3) is 0 Å². The third-order valence-electron chi connectivity index (χ3n) is 8.73. The Bertz CT molecular complexity index is 2570. The fourth-order valence-corrected chi connectivity index (χ4v) is 6.27. The minimum absolute atomic E-state index is 0.624. The number of nitrogens with zero attached hydrogens (tertiary/aromatic N) is 3. The highest BCUT2D eigenvalue weighted by molar-refractivity contribution is 6.05. The molecular formula is C43H27N3O. The molecule has 0 saturated heterocycles. The zero-order chi connectivity index (χ0) is 31.2. The molecule has 4 heteroatoms. The van der Waals surface area contributed by atoms with Crippen molar-refractivity contribution in [3.8, 4) is 56.4 Å². The van der Waals surface area contributed by atoms with Gasteiger partial charge in [-0.05, 0) is 63.4 Å². The Kier molecular flexibility index (Phi) is 6.43. The van der Waals surface area contributed by atoms with Crippen LogP contribution in [0.5, 0.6) is 0 Å². The monoisotopic (exact) mass is 601 g/mol. The van der Waals surface area contributed by atoms with Crippen LogP contribution >= 0.6 is 0 Å². The van der Waals surface area contributed by atoms with Crippen LogP contribution < -0.4 is 0 Å². The van der Waals surface area contributed by atoms with E-state index in [4.69, 9.17) is 19.4 Å². The molecule has 0 saturated carbocycles. The fourth-order valence-electron chi connectivity index (χ4n) is 6.27. The highest BCUT2D eigenvalue weighted by Crippen LogP contribution is 2.34. The van der Waals surface area contributed by atoms with Crippen LogP contribution in [0.4, 0.5) is 0 Å². The number of fused-ring (bicyclic) bond motifs is 4. The van der Waals surface area contributed by atoms with Crippen LogP contribution in [0.3, 0.4) is 0 Å². The van der Waals surface area contributed by atoms with Crippen molar-refractivity contribution in [1.29, 1.82) is 0 Å². The summed E-state index contributed by atoms with van der Waals surface area (Å²) in [4.78, 5) is 14.9. The van der Waals surface area contributed by atoms with Crippen molar-refractivity contribution in [3.63, 3.8) is 0 Å². The van der Waals surface area contributed by atoms with Crippen molar-refractivity contribution in [2.45, 2.75) is 0 Å². The molecule has 220 valence electrons. The molecule has 0 bridgehead atoms. The molecule has 2 aromatic heterocycles. The average molecular weight is 602 g/mol. The van der Waals surface area contributed by atoms with E-state index in [0.29, 0.717) is 17.5 Å².